The van der Waals surface area contributed by atoms with Crippen molar-refractivity contribution < 1.29 is 14.3 Å². The minimum atomic E-state index is -0.837. The van der Waals surface area contributed by atoms with Crippen molar-refractivity contribution in [3.63, 3.8) is 0 Å². The molecule has 0 aliphatic carbocycles. The van der Waals surface area contributed by atoms with E-state index >= 15 is 0 Å². The molecule has 0 aromatic heterocycles. The quantitative estimate of drug-likeness (QED) is 0.719. The lowest BCUT2D eigenvalue weighted by molar-refractivity contribution is -0.147. The second kappa shape index (κ2) is 4.78. The Kier molecular flexibility index (Phi) is 3.93. The maximum Gasteiger partial charge on any atom is 0.411 e. The van der Waals surface area contributed by atoms with Gasteiger partial charge in [-0.2, -0.15) is 0 Å². The lowest BCUT2D eigenvalue weighted by Gasteiger charge is -2.45. The van der Waals surface area contributed by atoms with Gasteiger partial charge in [-0.05, 0) is 41.5 Å². The molecular weight excluding hydrogens is 232 g/mol. The van der Waals surface area contributed by atoms with Crippen molar-refractivity contribution in [2.24, 2.45) is 0 Å². The Morgan fingerprint density at radius 1 is 1.33 bits per heavy atom. The molecule has 1 fully saturated rings. The van der Waals surface area contributed by atoms with Gasteiger partial charge in [0.15, 0.2) is 0 Å². The van der Waals surface area contributed by atoms with Gasteiger partial charge in [0.25, 0.3) is 0 Å². The molecule has 5 heteroatoms. The van der Waals surface area contributed by atoms with Crippen molar-refractivity contribution in [2.45, 2.75) is 52.7 Å². The van der Waals surface area contributed by atoms with E-state index in [0.717, 1.165) is 0 Å². The average molecular weight is 256 g/mol. The Bertz CT molecular complexity index is 345. The van der Waals surface area contributed by atoms with Crippen LogP contribution in [0, 0.1) is 0 Å². The van der Waals surface area contributed by atoms with Crippen molar-refractivity contribution in [1.29, 1.82) is 0 Å². The third-order valence-electron chi connectivity index (χ3n) is 3.07. The molecule has 0 bridgehead atoms. The Morgan fingerprint density at radius 2 is 1.89 bits per heavy atom. The molecule has 1 heterocycles. The van der Waals surface area contributed by atoms with Gasteiger partial charge in [-0.15, -0.1) is 0 Å². The summed E-state index contributed by atoms with van der Waals surface area (Å²) in [6, 6.07) is 0. The highest BCUT2D eigenvalue weighted by molar-refractivity contribution is 5.90. The van der Waals surface area contributed by atoms with E-state index in [1.807, 2.05) is 27.7 Å². The van der Waals surface area contributed by atoms with Crippen molar-refractivity contribution >= 4 is 12.0 Å². The Labute approximate surface area is 109 Å². The van der Waals surface area contributed by atoms with Gasteiger partial charge >= 0.3 is 6.09 Å². The van der Waals surface area contributed by atoms with Crippen LogP contribution in [-0.2, 0) is 9.53 Å². The maximum absolute atomic E-state index is 12.2. The van der Waals surface area contributed by atoms with Crippen LogP contribution in [0.1, 0.15) is 41.5 Å². The zero-order valence-electron chi connectivity index (χ0n) is 12.2. The second-order valence-corrected chi connectivity index (χ2v) is 6.08. The van der Waals surface area contributed by atoms with E-state index in [4.69, 9.17) is 4.74 Å². The SMILES string of the molecule is CCN1CCN(C(=O)OC(C)(C)C)C(C)(C)C1=O. The molecule has 1 rings (SSSR count). The molecule has 18 heavy (non-hydrogen) atoms. The zero-order chi connectivity index (χ0) is 14.1. The molecule has 0 N–H and O–H groups in total. The molecule has 104 valence electrons. The highest BCUT2D eigenvalue weighted by atomic mass is 16.6. The van der Waals surface area contributed by atoms with E-state index in [2.05, 4.69) is 0 Å². The third kappa shape index (κ3) is 2.94. The third-order valence-corrected chi connectivity index (χ3v) is 3.07. The van der Waals surface area contributed by atoms with E-state index in [1.54, 1.807) is 18.7 Å². The summed E-state index contributed by atoms with van der Waals surface area (Å²) in [5.74, 6) is -0.0258. The van der Waals surface area contributed by atoms with Gasteiger partial charge in [-0.1, -0.05) is 0 Å². The van der Waals surface area contributed by atoms with Crippen LogP contribution in [0.4, 0.5) is 4.79 Å². The van der Waals surface area contributed by atoms with E-state index in [-0.39, 0.29) is 5.91 Å². The number of ether oxygens (including phenoxy) is 1. The van der Waals surface area contributed by atoms with Crippen LogP contribution < -0.4 is 0 Å². The van der Waals surface area contributed by atoms with Crippen LogP contribution in [0.5, 0.6) is 0 Å². The molecule has 2 amide bonds. The zero-order valence-corrected chi connectivity index (χ0v) is 12.2. The summed E-state index contributed by atoms with van der Waals surface area (Å²) in [7, 11) is 0. The van der Waals surface area contributed by atoms with Crippen molar-refractivity contribution in [2.75, 3.05) is 19.6 Å². The van der Waals surface area contributed by atoms with Crippen LogP contribution in [0.15, 0.2) is 0 Å². The molecule has 1 aliphatic heterocycles. The second-order valence-electron chi connectivity index (χ2n) is 6.08. The number of hydrogen-bond donors (Lipinski definition) is 0. The first-order chi connectivity index (χ1) is 8.09. The van der Waals surface area contributed by atoms with Crippen molar-refractivity contribution in [3.05, 3.63) is 0 Å². The van der Waals surface area contributed by atoms with Gasteiger partial charge in [0, 0.05) is 19.6 Å². The van der Waals surface area contributed by atoms with E-state index < -0.39 is 17.2 Å². The van der Waals surface area contributed by atoms with E-state index in [1.165, 1.54) is 4.90 Å². The standard InChI is InChI=1S/C13H24N2O3/c1-7-14-8-9-15(13(5,6)10(14)16)11(17)18-12(2,3)4/h7-9H2,1-6H3. The Balaban J connectivity index is 2.85. The molecule has 0 spiro atoms. The molecule has 1 saturated heterocycles. The lowest BCUT2D eigenvalue weighted by atomic mass is 9.98. The topological polar surface area (TPSA) is 49.9 Å². The maximum atomic E-state index is 12.2. The Morgan fingerprint density at radius 3 is 2.33 bits per heavy atom. The summed E-state index contributed by atoms with van der Waals surface area (Å²) >= 11 is 0. The predicted octanol–water partition coefficient (Wildman–Crippen LogP) is 1.86. The van der Waals surface area contributed by atoms with Crippen LogP contribution >= 0.6 is 0 Å². The lowest BCUT2D eigenvalue weighted by Crippen LogP contribution is -2.64. The van der Waals surface area contributed by atoms with Gasteiger partial charge in [0.1, 0.15) is 11.1 Å². The van der Waals surface area contributed by atoms with Gasteiger partial charge < -0.3 is 9.64 Å². The highest BCUT2D eigenvalue weighted by Gasteiger charge is 2.45. The number of nitrogens with zero attached hydrogens (tertiary/aromatic N) is 2. The summed E-state index contributed by atoms with van der Waals surface area (Å²) in [6.45, 7) is 12.7. The number of carbonyl (C=O) groups is 2. The smallest absolute Gasteiger partial charge is 0.411 e. The Hall–Kier alpha value is -1.26. The van der Waals surface area contributed by atoms with Crippen LogP contribution in [0.25, 0.3) is 0 Å². The van der Waals surface area contributed by atoms with Gasteiger partial charge in [0.2, 0.25) is 5.91 Å². The predicted molar refractivity (Wildman–Crippen MR) is 69.3 cm³/mol. The van der Waals surface area contributed by atoms with Crippen LogP contribution in [0.3, 0.4) is 0 Å². The highest BCUT2D eigenvalue weighted by Crippen LogP contribution is 2.24. The number of piperazine rings is 1. The first-order valence-electron chi connectivity index (χ1n) is 6.39. The number of carbonyl (C=O) groups excluding carboxylic acids is 2. The fourth-order valence-electron chi connectivity index (χ4n) is 2.04. The summed E-state index contributed by atoms with van der Waals surface area (Å²) in [4.78, 5) is 27.6. The molecule has 0 aromatic rings. The van der Waals surface area contributed by atoms with Crippen molar-refractivity contribution in [3.8, 4) is 0 Å². The van der Waals surface area contributed by atoms with Crippen LogP contribution in [-0.4, -0.2) is 52.6 Å². The first kappa shape index (κ1) is 14.8. The molecule has 0 saturated carbocycles. The van der Waals surface area contributed by atoms with Crippen LogP contribution in [0.2, 0.25) is 0 Å². The largest absolute Gasteiger partial charge is 0.444 e. The number of likely N-dealkylation sites (N-methyl/N-ethyl adjacent to an activating group) is 1. The molecule has 1 aliphatic rings. The fourth-order valence-corrected chi connectivity index (χ4v) is 2.04. The summed E-state index contributed by atoms with van der Waals surface area (Å²) in [5, 5.41) is 0. The van der Waals surface area contributed by atoms with Gasteiger partial charge in [-0.3, -0.25) is 9.69 Å². The van der Waals surface area contributed by atoms with E-state index in [0.29, 0.717) is 19.6 Å². The molecule has 5 nitrogen and oxygen atoms in total. The normalized spacial score (nSPS) is 20.0. The number of hydrogen-bond acceptors (Lipinski definition) is 3. The van der Waals surface area contributed by atoms with E-state index in [9.17, 15) is 9.59 Å². The minimum absolute atomic E-state index is 0.0258. The summed E-state index contributed by atoms with van der Waals surface area (Å²) in [6.07, 6.45) is -0.420. The fraction of sp³-hybridized carbons (Fsp3) is 0.846. The minimum Gasteiger partial charge on any atom is -0.444 e. The number of amides is 2. The summed E-state index contributed by atoms with van der Waals surface area (Å²) < 4.78 is 5.35. The molecule has 0 atom stereocenters. The average Bonchev–Trinajstić information content (AvgIpc) is 2.19. The summed E-state index contributed by atoms with van der Waals surface area (Å²) in [5.41, 5.74) is -1.38. The molecule has 0 unspecified atom stereocenters. The molecule has 0 radical (unpaired) electrons. The monoisotopic (exact) mass is 256 g/mol. The molecular formula is C13H24N2O3. The van der Waals surface area contributed by atoms with Gasteiger partial charge in [-0.25, -0.2) is 4.79 Å². The number of rotatable bonds is 1. The molecule has 0 aromatic carbocycles. The van der Waals surface area contributed by atoms with Gasteiger partial charge in [0.05, 0.1) is 0 Å². The van der Waals surface area contributed by atoms with Crippen molar-refractivity contribution in [1.82, 2.24) is 9.80 Å². The first-order valence-corrected chi connectivity index (χ1v) is 6.39.